The molecule has 0 spiro atoms. The van der Waals surface area contributed by atoms with E-state index in [4.69, 9.17) is 0 Å². The van der Waals surface area contributed by atoms with Crippen molar-refractivity contribution < 1.29 is 21.8 Å². The predicted octanol–water partition coefficient (Wildman–Crippen LogP) is -0.762. The average molecular weight is 175 g/mol. The number of rotatable bonds is 1. The molecule has 0 unspecified atom stereocenters. The van der Waals surface area contributed by atoms with Gasteiger partial charge in [0.1, 0.15) is 0 Å². The number of nitrogens with zero attached hydrogens (tertiary/aromatic N) is 1. The van der Waals surface area contributed by atoms with Crippen LogP contribution in [0, 0.1) is 0 Å². The Morgan fingerprint density at radius 2 is 2.50 bits per heavy atom. The van der Waals surface area contributed by atoms with Crippen molar-refractivity contribution >= 4 is 10.6 Å². The van der Waals surface area contributed by atoms with E-state index in [0.717, 1.165) is 0 Å². The number of hydrogen-bond donors (Lipinski definition) is 1. The van der Waals surface area contributed by atoms with E-state index in [2.05, 4.69) is 22.3 Å². The fourth-order valence-electron chi connectivity index (χ4n) is 0.762. The number of amides is 1. The van der Waals surface area contributed by atoms with Gasteiger partial charge in [-0.05, 0) is 0 Å². The Bertz CT molecular complexity index is 200. The van der Waals surface area contributed by atoms with Crippen LogP contribution in [-0.2, 0) is 21.8 Å². The van der Waals surface area contributed by atoms with Crippen molar-refractivity contribution in [2.45, 2.75) is 0 Å². The van der Waals surface area contributed by atoms with Gasteiger partial charge < -0.3 is 0 Å². The zero-order valence-corrected chi connectivity index (χ0v) is 7.06. The molecule has 0 atom stereocenters. The molecule has 0 bridgehead atoms. The summed E-state index contributed by atoms with van der Waals surface area (Å²) >= 11 is 2.29. The summed E-state index contributed by atoms with van der Waals surface area (Å²) in [6, 6.07) is 0. The predicted molar refractivity (Wildman–Crippen MR) is 34.9 cm³/mol. The van der Waals surface area contributed by atoms with E-state index in [-0.39, 0.29) is 5.91 Å². The number of nitrogens with one attached hydrogen (secondary N) is 1. The first-order valence-corrected chi connectivity index (χ1v) is 3.73. The summed E-state index contributed by atoms with van der Waals surface area (Å²) in [6.07, 6.45) is 1.76. The number of hydrogen-bond acceptors (Lipinski definition) is 2. The first-order valence-electron chi connectivity index (χ1n) is 2.92. The Morgan fingerprint density at radius 3 is 2.90 bits per heavy atom. The Morgan fingerprint density at radius 1 is 1.80 bits per heavy atom. The Labute approximate surface area is 68.6 Å². The molecule has 3 nitrogen and oxygen atoms in total. The van der Waals surface area contributed by atoms with Crippen LogP contribution in [0.25, 0.3) is 0 Å². The second-order valence-electron chi connectivity index (χ2n) is 2.07. The van der Waals surface area contributed by atoms with E-state index in [9.17, 15) is 4.79 Å². The molecule has 1 amide bonds. The zero-order valence-electron chi connectivity index (χ0n) is 5.66. The van der Waals surface area contributed by atoms with Gasteiger partial charge in [-0.1, -0.05) is 0 Å². The third-order valence-electron chi connectivity index (χ3n) is 1.32. The Kier molecular flexibility index (Phi) is 2.30. The molecule has 0 aromatic carbocycles. The standard InChI is InChI=1S/C6H8N2O.V/c1-3-5-6(9)8(2)4-7-5;/h1,3,7H,4H2,2H3;/b5-3-;. The average Bonchev–Trinajstić information content (AvgIpc) is 2.20. The van der Waals surface area contributed by atoms with Crippen LogP contribution in [-0.4, -0.2) is 29.3 Å². The summed E-state index contributed by atoms with van der Waals surface area (Å²) in [4.78, 5) is 12.7. The minimum atomic E-state index is 0.0577. The van der Waals surface area contributed by atoms with Crippen molar-refractivity contribution in [3.05, 3.63) is 11.8 Å². The molecule has 4 heteroatoms. The summed E-state index contributed by atoms with van der Waals surface area (Å²) in [5.41, 5.74) is 0.670. The number of allylic oxidation sites excluding steroid dienone is 1. The molecule has 0 aromatic rings. The maximum atomic E-state index is 11.1. The number of likely N-dealkylation sites (N-methyl/N-ethyl adjacent to an activating group) is 1. The summed E-state index contributed by atoms with van der Waals surface area (Å²) in [7, 11) is 1.76. The van der Waals surface area contributed by atoms with Crippen molar-refractivity contribution in [3.63, 3.8) is 0 Å². The molecule has 53 valence electrons. The zero-order chi connectivity index (χ0) is 7.56. The molecule has 1 aliphatic heterocycles. The van der Waals surface area contributed by atoms with Crippen LogP contribution >= 0.6 is 0 Å². The monoisotopic (exact) mass is 175 g/mol. The summed E-state index contributed by atoms with van der Waals surface area (Å²) in [5.74, 6) is 0.0577. The molecule has 1 saturated heterocycles. The molecule has 0 saturated carbocycles. The molecule has 1 rings (SSSR count). The first kappa shape index (κ1) is 7.57. The van der Waals surface area contributed by atoms with Gasteiger partial charge in [0.15, 0.2) is 0 Å². The van der Waals surface area contributed by atoms with Crippen LogP contribution in [0.15, 0.2) is 11.8 Å². The van der Waals surface area contributed by atoms with Crippen molar-refractivity contribution in [2.24, 2.45) is 0 Å². The van der Waals surface area contributed by atoms with Gasteiger partial charge in [-0.15, -0.1) is 0 Å². The van der Waals surface area contributed by atoms with Crippen molar-refractivity contribution in [2.75, 3.05) is 13.7 Å². The van der Waals surface area contributed by atoms with Crippen LogP contribution in [0.4, 0.5) is 0 Å². The molecule has 1 fully saturated rings. The van der Waals surface area contributed by atoms with Crippen LogP contribution in [0.3, 0.4) is 0 Å². The molecule has 1 N–H and O–H groups in total. The molecular formula is C6H8N2OV. The SMILES string of the molecule is CN1CN/C(=C\[CH]=[V])C1=O. The molecule has 0 radical (unpaired) electrons. The molecule has 10 heavy (non-hydrogen) atoms. The Hall–Kier alpha value is -0.536. The van der Waals surface area contributed by atoms with E-state index < -0.39 is 0 Å². The van der Waals surface area contributed by atoms with E-state index in [1.54, 1.807) is 22.8 Å². The van der Waals surface area contributed by atoms with Crippen LogP contribution < -0.4 is 5.32 Å². The van der Waals surface area contributed by atoms with Gasteiger partial charge in [-0.2, -0.15) is 0 Å². The molecule has 1 aliphatic rings. The number of carbonyl (C=O) groups excluding carboxylic acids is 1. The van der Waals surface area contributed by atoms with E-state index in [1.165, 1.54) is 0 Å². The van der Waals surface area contributed by atoms with E-state index in [0.29, 0.717) is 12.4 Å². The summed E-state index contributed by atoms with van der Waals surface area (Å²) in [6.45, 7) is 0.617. The first-order chi connectivity index (χ1) is 4.75. The maximum absolute atomic E-state index is 11.1. The molecule has 0 aromatic heterocycles. The second-order valence-corrected chi connectivity index (χ2v) is 2.53. The Balaban J connectivity index is 2.75. The normalized spacial score (nSPS) is 21.4. The van der Waals surface area contributed by atoms with E-state index >= 15 is 0 Å². The van der Waals surface area contributed by atoms with Gasteiger partial charge in [0.25, 0.3) is 0 Å². The second kappa shape index (κ2) is 3.04. The fourth-order valence-corrected chi connectivity index (χ4v) is 0.994. The van der Waals surface area contributed by atoms with Crippen LogP contribution in [0.1, 0.15) is 0 Å². The molecule has 0 aliphatic carbocycles. The van der Waals surface area contributed by atoms with Crippen molar-refractivity contribution in [3.8, 4) is 0 Å². The van der Waals surface area contributed by atoms with Crippen molar-refractivity contribution in [1.82, 2.24) is 10.2 Å². The van der Waals surface area contributed by atoms with Crippen molar-refractivity contribution in [1.29, 1.82) is 0 Å². The minimum absolute atomic E-state index is 0.0577. The number of carbonyl (C=O) groups is 1. The van der Waals surface area contributed by atoms with Crippen LogP contribution in [0.5, 0.6) is 0 Å². The third-order valence-corrected chi connectivity index (χ3v) is 1.56. The van der Waals surface area contributed by atoms with Gasteiger partial charge in [0.2, 0.25) is 0 Å². The van der Waals surface area contributed by atoms with Gasteiger partial charge in [0, 0.05) is 0 Å². The quantitative estimate of drug-likeness (QED) is 0.531. The van der Waals surface area contributed by atoms with Gasteiger partial charge in [-0.25, -0.2) is 0 Å². The van der Waals surface area contributed by atoms with E-state index in [1.807, 2.05) is 0 Å². The third kappa shape index (κ3) is 1.30. The van der Waals surface area contributed by atoms with Gasteiger partial charge in [0.05, 0.1) is 0 Å². The molecular weight excluding hydrogens is 167 g/mol. The van der Waals surface area contributed by atoms with Crippen LogP contribution in [0.2, 0.25) is 0 Å². The molecule has 1 heterocycles. The summed E-state index contributed by atoms with van der Waals surface area (Å²) in [5, 5.41) is 2.95. The summed E-state index contributed by atoms with van der Waals surface area (Å²) < 4.78 is 1.78. The van der Waals surface area contributed by atoms with Gasteiger partial charge >= 0.3 is 68.1 Å². The van der Waals surface area contributed by atoms with Gasteiger partial charge in [-0.3, -0.25) is 0 Å². The fraction of sp³-hybridized carbons (Fsp3) is 0.333. The topological polar surface area (TPSA) is 32.3 Å².